The molecule has 118 valence electrons. The summed E-state index contributed by atoms with van der Waals surface area (Å²) in [5, 5.41) is 4.10. The van der Waals surface area contributed by atoms with Crippen molar-refractivity contribution in [3.05, 3.63) is 28.3 Å². The predicted octanol–water partition coefficient (Wildman–Crippen LogP) is 3.05. The summed E-state index contributed by atoms with van der Waals surface area (Å²) >= 11 is 1.65. The van der Waals surface area contributed by atoms with E-state index >= 15 is 0 Å². The first-order valence-corrected chi connectivity index (χ1v) is 8.68. The van der Waals surface area contributed by atoms with Gasteiger partial charge in [0, 0.05) is 23.9 Å². The molecule has 6 heteroatoms. The topological polar surface area (TPSA) is 47.7 Å². The van der Waals surface area contributed by atoms with Gasteiger partial charge >= 0.3 is 0 Å². The second-order valence-corrected chi connectivity index (χ2v) is 6.74. The third kappa shape index (κ3) is 2.72. The van der Waals surface area contributed by atoms with Crippen LogP contribution in [0.3, 0.4) is 0 Å². The fourth-order valence-corrected chi connectivity index (χ4v) is 3.86. The molecule has 0 bridgehead atoms. The molecule has 5 nitrogen and oxygen atoms in total. The van der Waals surface area contributed by atoms with Crippen molar-refractivity contribution in [1.82, 2.24) is 9.88 Å². The average molecular weight is 320 g/mol. The van der Waals surface area contributed by atoms with E-state index in [-0.39, 0.29) is 5.79 Å². The molecule has 0 saturated carbocycles. The highest BCUT2D eigenvalue weighted by molar-refractivity contribution is 7.08. The third-order valence-corrected chi connectivity index (χ3v) is 5.03. The van der Waals surface area contributed by atoms with E-state index in [9.17, 15) is 0 Å². The maximum absolute atomic E-state index is 5.84. The molecule has 4 heterocycles. The minimum Gasteiger partial charge on any atom is -0.441 e. The van der Waals surface area contributed by atoms with Crippen LogP contribution in [0.25, 0.3) is 11.5 Å². The van der Waals surface area contributed by atoms with Gasteiger partial charge in [0.1, 0.15) is 5.76 Å². The van der Waals surface area contributed by atoms with E-state index in [0.29, 0.717) is 19.1 Å². The molecule has 0 N–H and O–H groups in total. The first-order valence-electron chi connectivity index (χ1n) is 7.73. The number of aromatic nitrogens is 1. The number of nitrogens with zero attached hydrogens (tertiary/aromatic N) is 2. The highest BCUT2D eigenvalue weighted by atomic mass is 32.1. The minimum atomic E-state index is -0.383. The Balaban J connectivity index is 1.49. The Kier molecular flexibility index (Phi) is 3.78. The molecule has 2 aliphatic heterocycles. The Hall–Kier alpha value is -1.21. The molecule has 2 aromatic heterocycles. The van der Waals surface area contributed by atoms with E-state index in [1.54, 1.807) is 11.3 Å². The second kappa shape index (κ2) is 5.77. The molecule has 0 aliphatic carbocycles. The number of hydrogen-bond acceptors (Lipinski definition) is 6. The largest absolute Gasteiger partial charge is 0.441 e. The fraction of sp³-hybridized carbons (Fsp3) is 0.562. The maximum Gasteiger partial charge on any atom is 0.227 e. The zero-order chi connectivity index (χ0) is 15.0. The molecule has 0 atom stereocenters. The van der Waals surface area contributed by atoms with Crippen LogP contribution in [0.2, 0.25) is 0 Å². The van der Waals surface area contributed by atoms with Crippen molar-refractivity contribution in [2.45, 2.75) is 32.1 Å². The lowest BCUT2D eigenvalue weighted by atomic mass is 10.0. The van der Waals surface area contributed by atoms with Crippen molar-refractivity contribution >= 4 is 11.3 Å². The van der Waals surface area contributed by atoms with Gasteiger partial charge in [0.25, 0.3) is 0 Å². The number of hydrogen-bond donors (Lipinski definition) is 0. The normalized spacial score (nSPS) is 21.7. The molecule has 0 amide bonds. The monoisotopic (exact) mass is 320 g/mol. The molecule has 0 unspecified atom stereocenters. The Morgan fingerprint density at radius 2 is 2.23 bits per heavy atom. The molecular formula is C16H20N2O3S. The summed E-state index contributed by atoms with van der Waals surface area (Å²) in [7, 11) is 0. The summed E-state index contributed by atoms with van der Waals surface area (Å²) in [6.07, 6.45) is 2.08. The number of oxazole rings is 1. The summed E-state index contributed by atoms with van der Waals surface area (Å²) in [5.41, 5.74) is 2.06. The average Bonchev–Trinajstić information content (AvgIpc) is 3.22. The van der Waals surface area contributed by atoms with Gasteiger partial charge in [-0.1, -0.05) is 0 Å². The van der Waals surface area contributed by atoms with Crippen LogP contribution in [0.5, 0.6) is 0 Å². The van der Waals surface area contributed by atoms with E-state index < -0.39 is 0 Å². The number of rotatable bonds is 3. The van der Waals surface area contributed by atoms with Gasteiger partial charge in [0.15, 0.2) is 5.79 Å². The molecule has 4 rings (SSSR count). The molecule has 0 aromatic carbocycles. The van der Waals surface area contributed by atoms with Crippen LogP contribution in [0.4, 0.5) is 0 Å². The standard InChI is InChI=1S/C16H20N2O3S/c1-12-14(17-15(21-12)13-3-8-22-10-13)9-18-5-2-4-16(11-18)19-6-7-20-16/h3,8,10H,2,4-7,9,11H2,1H3. The van der Waals surface area contributed by atoms with E-state index in [2.05, 4.69) is 15.3 Å². The molecule has 1 spiro atoms. The highest BCUT2D eigenvalue weighted by Gasteiger charge is 2.40. The van der Waals surface area contributed by atoms with Crippen LogP contribution in [0, 0.1) is 6.92 Å². The van der Waals surface area contributed by atoms with Crippen molar-refractivity contribution in [1.29, 1.82) is 0 Å². The number of piperidine rings is 1. The van der Waals surface area contributed by atoms with Crippen LogP contribution in [0.1, 0.15) is 24.3 Å². The smallest absolute Gasteiger partial charge is 0.227 e. The fourth-order valence-electron chi connectivity index (χ4n) is 3.23. The maximum atomic E-state index is 5.84. The van der Waals surface area contributed by atoms with Gasteiger partial charge < -0.3 is 13.9 Å². The summed E-state index contributed by atoms with van der Waals surface area (Å²) in [6, 6.07) is 2.04. The van der Waals surface area contributed by atoms with Crippen molar-refractivity contribution in [3.8, 4) is 11.5 Å². The first kappa shape index (κ1) is 14.4. The van der Waals surface area contributed by atoms with Crippen molar-refractivity contribution in [2.24, 2.45) is 0 Å². The summed E-state index contributed by atoms with van der Waals surface area (Å²) < 4.78 is 17.5. The van der Waals surface area contributed by atoms with Gasteiger partial charge in [-0.25, -0.2) is 4.98 Å². The SMILES string of the molecule is Cc1oc(-c2ccsc2)nc1CN1CCCC2(C1)OCCO2. The summed E-state index contributed by atoms with van der Waals surface area (Å²) in [5.74, 6) is 1.23. The number of likely N-dealkylation sites (tertiary alicyclic amines) is 1. The minimum absolute atomic E-state index is 0.383. The molecule has 2 fully saturated rings. The van der Waals surface area contributed by atoms with Crippen LogP contribution < -0.4 is 0 Å². The van der Waals surface area contributed by atoms with E-state index in [1.807, 2.05) is 18.4 Å². The molecule has 22 heavy (non-hydrogen) atoms. The van der Waals surface area contributed by atoms with E-state index in [1.165, 1.54) is 0 Å². The molecule has 2 saturated heterocycles. The Morgan fingerprint density at radius 1 is 1.36 bits per heavy atom. The Bertz CT molecular complexity index is 632. The zero-order valence-electron chi connectivity index (χ0n) is 12.7. The molecule has 0 radical (unpaired) electrons. The quantitative estimate of drug-likeness (QED) is 0.870. The second-order valence-electron chi connectivity index (χ2n) is 5.96. The van der Waals surface area contributed by atoms with E-state index in [0.717, 1.165) is 49.5 Å². The van der Waals surface area contributed by atoms with Crippen molar-refractivity contribution < 1.29 is 13.9 Å². The van der Waals surface area contributed by atoms with Gasteiger partial charge in [0.05, 0.1) is 25.5 Å². The number of aryl methyl sites for hydroxylation is 1. The van der Waals surface area contributed by atoms with E-state index in [4.69, 9.17) is 13.9 Å². The van der Waals surface area contributed by atoms with Crippen LogP contribution in [-0.4, -0.2) is 42.0 Å². The van der Waals surface area contributed by atoms with Gasteiger partial charge in [-0.05, 0) is 31.3 Å². The Morgan fingerprint density at radius 3 is 3.00 bits per heavy atom. The molecular weight excluding hydrogens is 300 g/mol. The lowest BCUT2D eigenvalue weighted by Gasteiger charge is -2.38. The van der Waals surface area contributed by atoms with Gasteiger partial charge in [0.2, 0.25) is 5.89 Å². The lowest BCUT2D eigenvalue weighted by molar-refractivity contribution is -0.190. The molecule has 2 aromatic rings. The first-order chi connectivity index (χ1) is 10.7. The lowest BCUT2D eigenvalue weighted by Crippen LogP contribution is -2.48. The summed E-state index contributed by atoms with van der Waals surface area (Å²) in [4.78, 5) is 7.04. The highest BCUT2D eigenvalue weighted by Crippen LogP contribution is 2.31. The van der Waals surface area contributed by atoms with Crippen molar-refractivity contribution in [3.63, 3.8) is 0 Å². The van der Waals surface area contributed by atoms with Crippen LogP contribution in [-0.2, 0) is 16.0 Å². The van der Waals surface area contributed by atoms with Gasteiger partial charge in [-0.15, -0.1) is 0 Å². The predicted molar refractivity (Wildman–Crippen MR) is 83.7 cm³/mol. The van der Waals surface area contributed by atoms with Crippen LogP contribution in [0.15, 0.2) is 21.2 Å². The zero-order valence-corrected chi connectivity index (χ0v) is 13.5. The number of ether oxygens (including phenoxy) is 2. The third-order valence-electron chi connectivity index (χ3n) is 4.34. The Labute approximate surface area is 133 Å². The van der Waals surface area contributed by atoms with Gasteiger partial charge in [-0.3, -0.25) is 4.90 Å². The van der Waals surface area contributed by atoms with Crippen LogP contribution >= 0.6 is 11.3 Å². The summed E-state index contributed by atoms with van der Waals surface area (Å²) in [6.45, 7) is 6.05. The van der Waals surface area contributed by atoms with Crippen molar-refractivity contribution in [2.75, 3.05) is 26.3 Å². The van der Waals surface area contributed by atoms with Gasteiger partial charge in [-0.2, -0.15) is 11.3 Å². The number of thiophene rings is 1. The molecule has 2 aliphatic rings.